The maximum atomic E-state index is 12.2. The molecule has 2 rings (SSSR count). The first kappa shape index (κ1) is 15.9. The number of ether oxygens (including phenoxy) is 1. The average molecular weight is 300 g/mol. The SMILES string of the molecule is COCc1ccccc1C(=O)NCCNc1ccc(C)nn1. The maximum absolute atomic E-state index is 12.2. The Morgan fingerprint density at radius 2 is 1.95 bits per heavy atom. The summed E-state index contributed by atoms with van der Waals surface area (Å²) < 4.78 is 5.10. The van der Waals surface area contributed by atoms with Gasteiger partial charge in [0.2, 0.25) is 0 Å². The van der Waals surface area contributed by atoms with Gasteiger partial charge in [0.25, 0.3) is 5.91 Å². The molecular formula is C16H20N4O2. The molecule has 6 nitrogen and oxygen atoms in total. The number of aromatic nitrogens is 2. The van der Waals surface area contributed by atoms with Crippen molar-refractivity contribution in [3.05, 3.63) is 53.2 Å². The molecule has 0 aliphatic carbocycles. The van der Waals surface area contributed by atoms with Crippen molar-refractivity contribution in [1.82, 2.24) is 15.5 Å². The summed E-state index contributed by atoms with van der Waals surface area (Å²) >= 11 is 0. The number of anilines is 1. The summed E-state index contributed by atoms with van der Waals surface area (Å²) in [6.45, 7) is 3.38. The van der Waals surface area contributed by atoms with Gasteiger partial charge in [-0.1, -0.05) is 18.2 Å². The first-order valence-electron chi connectivity index (χ1n) is 7.10. The van der Waals surface area contributed by atoms with Crippen LogP contribution in [-0.4, -0.2) is 36.3 Å². The Balaban J connectivity index is 1.81. The lowest BCUT2D eigenvalue weighted by Gasteiger charge is -2.10. The molecule has 22 heavy (non-hydrogen) atoms. The molecule has 0 saturated heterocycles. The van der Waals surface area contributed by atoms with Crippen LogP contribution in [0.3, 0.4) is 0 Å². The van der Waals surface area contributed by atoms with E-state index in [1.807, 2.05) is 37.3 Å². The minimum atomic E-state index is -0.107. The molecule has 0 fully saturated rings. The highest BCUT2D eigenvalue weighted by Gasteiger charge is 2.09. The van der Waals surface area contributed by atoms with Gasteiger partial charge in [-0.15, -0.1) is 5.10 Å². The lowest BCUT2D eigenvalue weighted by atomic mass is 10.1. The molecule has 0 aliphatic rings. The van der Waals surface area contributed by atoms with Crippen molar-refractivity contribution >= 4 is 11.7 Å². The van der Waals surface area contributed by atoms with Crippen molar-refractivity contribution in [2.45, 2.75) is 13.5 Å². The molecule has 1 aromatic carbocycles. The second-order valence-corrected chi connectivity index (χ2v) is 4.83. The zero-order valence-electron chi connectivity index (χ0n) is 12.8. The molecule has 0 saturated carbocycles. The Bertz CT molecular complexity index is 614. The van der Waals surface area contributed by atoms with Crippen molar-refractivity contribution < 1.29 is 9.53 Å². The van der Waals surface area contributed by atoms with Gasteiger partial charge in [0, 0.05) is 25.8 Å². The second kappa shape index (κ2) is 8.09. The van der Waals surface area contributed by atoms with Crippen LogP contribution in [0.1, 0.15) is 21.6 Å². The summed E-state index contributed by atoms with van der Waals surface area (Å²) in [7, 11) is 1.61. The van der Waals surface area contributed by atoms with E-state index in [9.17, 15) is 4.79 Å². The van der Waals surface area contributed by atoms with Crippen LogP contribution in [0.25, 0.3) is 0 Å². The third-order valence-corrected chi connectivity index (χ3v) is 3.08. The highest BCUT2D eigenvalue weighted by molar-refractivity contribution is 5.95. The topological polar surface area (TPSA) is 76.1 Å². The number of amides is 1. The number of rotatable bonds is 7. The molecule has 1 heterocycles. The van der Waals surface area contributed by atoms with Gasteiger partial charge in [0.1, 0.15) is 5.82 Å². The van der Waals surface area contributed by atoms with Crippen molar-refractivity contribution in [1.29, 1.82) is 0 Å². The predicted octanol–water partition coefficient (Wildman–Crippen LogP) is 1.77. The normalized spacial score (nSPS) is 10.3. The third kappa shape index (κ3) is 4.53. The number of benzene rings is 1. The second-order valence-electron chi connectivity index (χ2n) is 4.83. The number of methoxy groups -OCH3 is 1. The van der Waals surface area contributed by atoms with E-state index in [1.165, 1.54) is 0 Å². The van der Waals surface area contributed by atoms with Gasteiger partial charge in [-0.2, -0.15) is 5.10 Å². The summed E-state index contributed by atoms with van der Waals surface area (Å²) in [6, 6.07) is 11.2. The van der Waals surface area contributed by atoms with E-state index >= 15 is 0 Å². The van der Waals surface area contributed by atoms with E-state index in [-0.39, 0.29) is 5.91 Å². The van der Waals surface area contributed by atoms with E-state index in [1.54, 1.807) is 13.2 Å². The number of hydrogen-bond acceptors (Lipinski definition) is 5. The van der Waals surface area contributed by atoms with Crippen LogP contribution in [0.15, 0.2) is 36.4 Å². The van der Waals surface area contributed by atoms with Gasteiger partial charge in [0.15, 0.2) is 0 Å². The van der Waals surface area contributed by atoms with E-state index in [0.717, 1.165) is 11.3 Å². The van der Waals surface area contributed by atoms with Gasteiger partial charge in [-0.05, 0) is 30.7 Å². The molecule has 2 N–H and O–H groups in total. The smallest absolute Gasteiger partial charge is 0.251 e. The largest absolute Gasteiger partial charge is 0.380 e. The molecule has 0 bridgehead atoms. The van der Waals surface area contributed by atoms with Crippen molar-refractivity contribution in [3.63, 3.8) is 0 Å². The molecule has 0 radical (unpaired) electrons. The molecule has 0 atom stereocenters. The van der Waals surface area contributed by atoms with Crippen molar-refractivity contribution in [2.24, 2.45) is 0 Å². The fourth-order valence-corrected chi connectivity index (χ4v) is 1.98. The van der Waals surface area contributed by atoms with Crippen LogP contribution in [0, 0.1) is 6.92 Å². The van der Waals surface area contributed by atoms with E-state index in [0.29, 0.717) is 31.1 Å². The molecule has 1 amide bonds. The van der Waals surface area contributed by atoms with Crippen molar-refractivity contribution in [3.8, 4) is 0 Å². The first-order chi connectivity index (χ1) is 10.7. The number of hydrogen-bond donors (Lipinski definition) is 2. The van der Waals surface area contributed by atoms with Gasteiger partial charge in [-0.25, -0.2) is 0 Å². The Morgan fingerprint density at radius 1 is 1.14 bits per heavy atom. The van der Waals surface area contributed by atoms with Crippen LogP contribution in [0.4, 0.5) is 5.82 Å². The van der Waals surface area contributed by atoms with Gasteiger partial charge in [0.05, 0.1) is 12.3 Å². The van der Waals surface area contributed by atoms with E-state index < -0.39 is 0 Å². The van der Waals surface area contributed by atoms with Crippen LogP contribution < -0.4 is 10.6 Å². The summed E-state index contributed by atoms with van der Waals surface area (Å²) in [4.78, 5) is 12.2. The maximum Gasteiger partial charge on any atom is 0.251 e. The standard InChI is InChI=1S/C16H20N4O2/c1-12-7-8-15(20-19-12)17-9-10-18-16(21)14-6-4-3-5-13(14)11-22-2/h3-8H,9-11H2,1-2H3,(H,17,20)(H,18,21). The minimum Gasteiger partial charge on any atom is -0.380 e. The molecule has 6 heteroatoms. The summed E-state index contributed by atoms with van der Waals surface area (Å²) in [6.07, 6.45) is 0. The Hall–Kier alpha value is -2.47. The number of nitrogens with zero attached hydrogens (tertiary/aromatic N) is 2. The quantitative estimate of drug-likeness (QED) is 0.762. The van der Waals surface area contributed by atoms with Gasteiger partial charge in [-0.3, -0.25) is 4.79 Å². The summed E-state index contributed by atoms with van der Waals surface area (Å²) in [5.74, 6) is 0.587. The Kier molecular flexibility index (Phi) is 5.85. The predicted molar refractivity (Wildman–Crippen MR) is 84.7 cm³/mol. The highest BCUT2D eigenvalue weighted by Crippen LogP contribution is 2.09. The molecule has 116 valence electrons. The third-order valence-electron chi connectivity index (χ3n) is 3.08. The molecular weight excluding hydrogens is 280 g/mol. The molecule has 0 unspecified atom stereocenters. The summed E-state index contributed by atoms with van der Waals surface area (Å²) in [5, 5.41) is 13.9. The number of nitrogens with one attached hydrogen (secondary N) is 2. The van der Waals surface area contributed by atoms with Crippen LogP contribution >= 0.6 is 0 Å². The summed E-state index contributed by atoms with van der Waals surface area (Å²) in [5.41, 5.74) is 2.38. The fourth-order valence-electron chi connectivity index (χ4n) is 1.98. The lowest BCUT2D eigenvalue weighted by Crippen LogP contribution is -2.29. The van der Waals surface area contributed by atoms with Crippen LogP contribution in [0.5, 0.6) is 0 Å². The monoisotopic (exact) mass is 300 g/mol. The Morgan fingerprint density at radius 3 is 2.68 bits per heavy atom. The number of aryl methyl sites for hydroxylation is 1. The van der Waals surface area contributed by atoms with E-state index in [4.69, 9.17) is 4.74 Å². The van der Waals surface area contributed by atoms with Crippen LogP contribution in [0.2, 0.25) is 0 Å². The molecule has 0 spiro atoms. The molecule has 1 aromatic heterocycles. The highest BCUT2D eigenvalue weighted by atomic mass is 16.5. The van der Waals surface area contributed by atoms with Crippen molar-refractivity contribution in [2.75, 3.05) is 25.5 Å². The fraction of sp³-hybridized carbons (Fsp3) is 0.312. The molecule has 0 aliphatic heterocycles. The van der Waals surface area contributed by atoms with E-state index in [2.05, 4.69) is 20.8 Å². The Labute approximate surface area is 129 Å². The first-order valence-corrected chi connectivity index (χ1v) is 7.10. The van der Waals surface area contributed by atoms with Gasteiger partial charge >= 0.3 is 0 Å². The zero-order valence-corrected chi connectivity index (χ0v) is 12.8. The molecule has 2 aromatic rings. The zero-order chi connectivity index (χ0) is 15.8. The minimum absolute atomic E-state index is 0.107. The van der Waals surface area contributed by atoms with Crippen LogP contribution in [-0.2, 0) is 11.3 Å². The average Bonchev–Trinajstić information content (AvgIpc) is 2.54. The number of carbonyl (C=O) groups excluding carboxylic acids is 1. The lowest BCUT2D eigenvalue weighted by molar-refractivity contribution is 0.0950. The van der Waals surface area contributed by atoms with Gasteiger partial charge < -0.3 is 15.4 Å². The number of carbonyl (C=O) groups is 1.